The molecular weight excluding hydrogens is 431 g/mol. The van der Waals surface area contributed by atoms with Crippen molar-refractivity contribution in [3.05, 3.63) is 87.7 Å². The molecule has 2 aromatic heterocycles. The third-order valence-electron chi connectivity index (χ3n) is 6.56. The minimum absolute atomic E-state index is 0.0749. The Hall–Kier alpha value is -3.52. The molecule has 1 atom stereocenters. The largest absolute Gasteiger partial charge is 0.341 e. The summed E-state index contributed by atoms with van der Waals surface area (Å²) in [4.78, 5) is 25.3. The van der Waals surface area contributed by atoms with Gasteiger partial charge in [-0.3, -0.25) is 13.9 Å². The van der Waals surface area contributed by atoms with E-state index in [4.69, 9.17) is 15.7 Å². The highest BCUT2D eigenvalue weighted by Gasteiger charge is 2.25. The zero-order valence-electron chi connectivity index (χ0n) is 19.3. The number of benzene rings is 2. The van der Waals surface area contributed by atoms with Crippen molar-refractivity contribution in [1.29, 1.82) is 0 Å². The van der Waals surface area contributed by atoms with E-state index in [-0.39, 0.29) is 17.4 Å². The van der Waals surface area contributed by atoms with Gasteiger partial charge in [-0.25, -0.2) is 9.37 Å². The molecule has 5 rings (SSSR count). The molecule has 0 amide bonds. The van der Waals surface area contributed by atoms with E-state index < -0.39 is 0 Å². The summed E-state index contributed by atoms with van der Waals surface area (Å²) < 4.78 is 17.6. The number of hydrogen-bond acceptors (Lipinski definition) is 5. The number of nitrogens with two attached hydrogens (primary N) is 1. The average Bonchev–Trinajstić information content (AvgIpc) is 3.20. The van der Waals surface area contributed by atoms with E-state index in [1.54, 1.807) is 23.7 Å². The van der Waals surface area contributed by atoms with Gasteiger partial charge in [-0.15, -0.1) is 0 Å². The van der Waals surface area contributed by atoms with Crippen molar-refractivity contribution < 1.29 is 4.39 Å². The molecule has 1 unspecified atom stereocenters. The van der Waals surface area contributed by atoms with Gasteiger partial charge < -0.3 is 10.6 Å². The molecule has 0 spiro atoms. The molecule has 4 aromatic rings. The number of aryl methyl sites for hydroxylation is 2. The minimum atomic E-state index is -0.246. The Morgan fingerprint density at radius 3 is 2.59 bits per heavy atom. The molecule has 8 heteroatoms. The molecule has 3 heterocycles. The molecule has 0 bridgehead atoms. The fraction of sp³-hybridized carbons (Fsp3) is 0.346. The van der Waals surface area contributed by atoms with Crippen LogP contribution in [0.5, 0.6) is 0 Å². The maximum Gasteiger partial charge on any atom is 0.279 e. The number of rotatable bonds is 6. The van der Waals surface area contributed by atoms with Crippen LogP contribution in [-0.4, -0.2) is 38.2 Å². The lowest BCUT2D eigenvalue weighted by atomic mass is 10.1. The van der Waals surface area contributed by atoms with Crippen LogP contribution in [-0.2, 0) is 26.4 Å². The number of aromatic nitrogens is 4. The molecule has 1 aliphatic heterocycles. The molecule has 0 aliphatic carbocycles. The van der Waals surface area contributed by atoms with Crippen molar-refractivity contribution in [2.45, 2.75) is 38.3 Å². The first-order valence-electron chi connectivity index (χ1n) is 11.7. The second-order valence-corrected chi connectivity index (χ2v) is 8.99. The standard InChI is InChI=1S/C26H29FN6O/c1-31-22(14-13-19-10-5-6-12-21(19)27)29-24-23(25(31)34)33(16-18-8-3-2-4-9-18)26(30-24)32-15-7-11-20(28)17-32/h2-6,8-10,12,20H,7,11,13-17,28H2,1H3. The van der Waals surface area contributed by atoms with Crippen LogP contribution in [0.15, 0.2) is 59.4 Å². The fourth-order valence-corrected chi connectivity index (χ4v) is 4.71. The number of halogens is 1. The molecule has 0 radical (unpaired) electrons. The fourth-order valence-electron chi connectivity index (χ4n) is 4.71. The Morgan fingerprint density at radius 2 is 1.82 bits per heavy atom. The molecule has 0 saturated carbocycles. The lowest BCUT2D eigenvalue weighted by molar-refractivity contribution is 0.495. The van der Waals surface area contributed by atoms with Crippen LogP contribution in [0, 0.1) is 5.82 Å². The minimum Gasteiger partial charge on any atom is -0.341 e. The van der Waals surface area contributed by atoms with Crippen molar-refractivity contribution in [2.75, 3.05) is 18.0 Å². The third-order valence-corrected chi connectivity index (χ3v) is 6.56. The van der Waals surface area contributed by atoms with Crippen molar-refractivity contribution in [3.63, 3.8) is 0 Å². The number of piperidine rings is 1. The molecule has 34 heavy (non-hydrogen) atoms. The van der Waals surface area contributed by atoms with Crippen LogP contribution in [0.25, 0.3) is 11.2 Å². The van der Waals surface area contributed by atoms with Gasteiger partial charge in [-0.2, -0.15) is 4.98 Å². The summed E-state index contributed by atoms with van der Waals surface area (Å²) in [5.74, 6) is 1.07. The topological polar surface area (TPSA) is 82.0 Å². The second-order valence-electron chi connectivity index (χ2n) is 8.99. The van der Waals surface area contributed by atoms with Gasteiger partial charge in [-0.05, 0) is 36.5 Å². The van der Waals surface area contributed by atoms with Gasteiger partial charge in [0, 0.05) is 32.6 Å². The Bertz CT molecular complexity index is 1360. The number of anilines is 1. The zero-order valence-corrected chi connectivity index (χ0v) is 19.3. The maximum absolute atomic E-state index is 14.1. The van der Waals surface area contributed by atoms with Gasteiger partial charge in [0.25, 0.3) is 5.56 Å². The van der Waals surface area contributed by atoms with Gasteiger partial charge in [0.2, 0.25) is 5.95 Å². The predicted octanol–water partition coefficient (Wildman–Crippen LogP) is 3.03. The second kappa shape index (κ2) is 9.38. The van der Waals surface area contributed by atoms with E-state index in [9.17, 15) is 9.18 Å². The molecule has 1 saturated heterocycles. The van der Waals surface area contributed by atoms with Crippen molar-refractivity contribution in [1.82, 2.24) is 19.1 Å². The van der Waals surface area contributed by atoms with E-state index in [0.29, 0.717) is 48.5 Å². The summed E-state index contributed by atoms with van der Waals surface area (Å²) in [5, 5.41) is 0. The summed E-state index contributed by atoms with van der Waals surface area (Å²) in [6, 6.07) is 16.8. The zero-order chi connectivity index (χ0) is 23.7. The molecule has 176 valence electrons. The monoisotopic (exact) mass is 460 g/mol. The number of hydrogen-bond donors (Lipinski definition) is 1. The quantitative estimate of drug-likeness (QED) is 0.478. The summed E-state index contributed by atoms with van der Waals surface area (Å²) in [5.41, 5.74) is 8.70. The van der Waals surface area contributed by atoms with Gasteiger partial charge in [0.15, 0.2) is 11.2 Å². The summed E-state index contributed by atoms with van der Waals surface area (Å²) in [7, 11) is 1.72. The summed E-state index contributed by atoms with van der Waals surface area (Å²) in [6.07, 6.45) is 2.86. The Kier molecular flexibility index (Phi) is 6.15. The molecule has 7 nitrogen and oxygen atoms in total. The number of imidazole rings is 1. The lowest BCUT2D eigenvalue weighted by Gasteiger charge is -2.31. The first-order valence-corrected chi connectivity index (χ1v) is 11.7. The molecule has 2 aromatic carbocycles. The van der Waals surface area contributed by atoms with Crippen molar-refractivity contribution in [3.8, 4) is 0 Å². The van der Waals surface area contributed by atoms with Crippen LogP contribution in [0.1, 0.15) is 29.8 Å². The smallest absolute Gasteiger partial charge is 0.279 e. The molecule has 1 aliphatic rings. The van der Waals surface area contributed by atoms with Crippen LogP contribution >= 0.6 is 0 Å². The van der Waals surface area contributed by atoms with E-state index in [2.05, 4.69) is 4.90 Å². The lowest BCUT2D eigenvalue weighted by Crippen LogP contribution is -2.44. The summed E-state index contributed by atoms with van der Waals surface area (Å²) in [6.45, 7) is 2.05. The van der Waals surface area contributed by atoms with E-state index in [0.717, 1.165) is 30.9 Å². The first-order chi connectivity index (χ1) is 16.5. The molecule has 2 N–H and O–H groups in total. The predicted molar refractivity (Wildman–Crippen MR) is 132 cm³/mol. The summed E-state index contributed by atoms with van der Waals surface area (Å²) >= 11 is 0. The van der Waals surface area contributed by atoms with Crippen molar-refractivity contribution in [2.24, 2.45) is 12.8 Å². The van der Waals surface area contributed by atoms with Gasteiger partial charge in [0.05, 0.1) is 6.54 Å². The van der Waals surface area contributed by atoms with Gasteiger partial charge in [0.1, 0.15) is 11.6 Å². The highest BCUT2D eigenvalue weighted by atomic mass is 19.1. The third kappa shape index (κ3) is 4.33. The average molecular weight is 461 g/mol. The maximum atomic E-state index is 14.1. The van der Waals surface area contributed by atoms with Crippen LogP contribution < -0.4 is 16.2 Å². The van der Waals surface area contributed by atoms with Crippen LogP contribution in [0.4, 0.5) is 10.3 Å². The van der Waals surface area contributed by atoms with Crippen molar-refractivity contribution >= 4 is 17.1 Å². The van der Waals surface area contributed by atoms with Crippen LogP contribution in [0.2, 0.25) is 0 Å². The molecular formula is C26H29FN6O. The SMILES string of the molecule is Cn1c(CCc2ccccc2F)nc2nc(N3CCCC(N)C3)n(Cc3ccccc3)c2c1=O. The highest BCUT2D eigenvalue weighted by molar-refractivity contribution is 5.74. The Labute approximate surface area is 197 Å². The first kappa shape index (κ1) is 22.3. The number of fused-ring (bicyclic) bond motifs is 1. The normalized spacial score (nSPS) is 16.3. The van der Waals surface area contributed by atoms with E-state index in [1.165, 1.54) is 6.07 Å². The Balaban J connectivity index is 1.58. The van der Waals surface area contributed by atoms with E-state index >= 15 is 0 Å². The van der Waals surface area contributed by atoms with E-state index in [1.807, 2.05) is 41.0 Å². The van der Waals surface area contributed by atoms with Gasteiger partial charge in [-0.1, -0.05) is 48.5 Å². The molecule has 1 fully saturated rings. The Morgan fingerprint density at radius 1 is 1.06 bits per heavy atom. The van der Waals surface area contributed by atoms with Crippen LogP contribution in [0.3, 0.4) is 0 Å². The van der Waals surface area contributed by atoms with Gasteiger partial charge >= 0.3 is 0 Å². The number of nitrogens with zero attached hydrogens (tertiary/aromatic N) is 5. The highest BCUT2D eigenvalue weighted by Crippen LogP contribution is 2.24.